The van der Waals surface area contributed by atoms with Crippen LogP contribution in [0.2, 0.25) is 5.02 Å². The number of aromatic nitrogens is 4. The largest absolute Gasteiger partial charge is 0.308 e. The molecule has 19 heavy (non-hydrogen) atoms. The summed E-state index contributed by atoms with van der Waals surface area (Å²) in [5, 5.41) is 12.8. The first-order valence-electron chi connectivity index (χ1n) is 6.53. The van der Waals surface area contributed by atoms with Crippen LogP contribution in [-0.4, -0.2) is 26.6 Å². The Morgan fingerprint density at radius 1 is 1.42 bits per heavy atom. The molecule has 0 fully saturated rings. The second-order valence-corrected chi connectivity index (χ2v) is 4.88. The molecule has 0 spiro atoms. The van der Waals surface area contributed by atoms with Crippen LogP contribution in [0.1, 0.15) is 36.8 Å². The highest BCUT2D eigenvalue weighted by Gasteiger charge is 2.24. The van der Waals surface area contributed by atoms with Gasteiger partial charge in [-0.25, -0.2) is 0 Å². The van der Waals surface area contributed by atoms with Crippen molar-refractivity contribution in [3.05, 3.63) is 34.4 Å². The smallest absolute Gasteiger partial charge is 0.0837 e. The standard InChI is InChI=1S/C13H20ClN5/c1-5-11-9(8-18(4)17-11)12(15-3)13-10(14)7-16-19(13)6-2/h7-8,12,15H,5-6H2,1-4H3. The summed E-state index contributed by atoms with van der Waals surface area (Å²) in [4.78, 5) is 0. The summed E-state index contributed by atoms with van der Waals surface area (Å²) in [5.74, 6) is 0. The third-order valence-corrected chi connectivity index (χ3v) is 3.57. The van der Waals surface area contributed by atoms with Crippen molar-refractivity contribution in [2.75, 3.05) is 7.05 Å². The van der Waals surface area contributed by atoms with Crippen LogP contribution in [-0.2, 0) is 20.0 Å². The van der Waals surface area contributed by atoms with E-state index in [9.17, 15) is 0 Å². The maximum absolute atomic E-state index is 6.30. The van der Waals surface area contributed by atoms with Gasteiger partial charge in [-0.15, -0.1) is 0 Å². The van der Waals surface area contributed by atoms with Gasteiger partial charge < -0.3 is 5.32 Å². The van der Waals surface area contributed by atoms with E-state index >= 15 is 0 Å². The van der Waals surface area contributed by atoms with E-state index in [0.717, 1.165) is 29.9 Å². The highest BCUT2D eigenvalue weighted by Crippen LogP contribution is 2.29. The summed E-state index contributed by atoms with van der Waals surface area (Å²) in [6.07, 6.45) is 4.64. The molecule has 6 heteroatoms. The summed E-state index contributed by atoms with van der Waals surface area (Å²) < 4.78 is 3.77. The van der Waals surface area contributed by atoms with Gasteiger partial charge in [0.1, 0.15) is 0 Å². The molecule has 0 amide bonds. The molecule has 0 bridgehead atoms. The van der Waals surface area contributed by atoms with E-state index in [1.807, 2.05) is 29.7 Å². The van der Waals surface area contributed by atoms with Gasteiger partial charge in [-0.05, 0) is 20.4 Å². The van der Waals surface area contributed by atoms with Gasteiger partial charge in [-0.3, -0.25) is 9.36 Å². The molecule has 0 saturated heterocycles. The zero-order chi connectivity index (χ0) is 14.0. The van der Waals surface area contributed by atoms with E-state index in [2.05, 4.69) is 29.4 Å². The fourth-order valence-electron chi connectivity index (χ4n) is 2.42. The molecule has 1 unspecified atom stereocenters. The van der Waals surface area contributed by atoms with Crippen molar-refractivity contribution in [3.63, 3.8) is 0 Å². The molecule has 0 aliphatic carbocycles. The van der Waals surface area contributed by atoms with Crippen LogP contribution in [0.3, 0.4) is 0 Å². The molecule has 2 aromatic rings. The van der Waals surface area contributed by atoms with Crippen LogP contribution in [0.4, 0.5) is 0 Å². The molecular weight excluding hydrogens is 262 g/mol. The number of aryl methyl sites for hydroxylation is 3. The Labute approximate surface area is 118 Å². The average molecular weight is 282 g/mol. The number of halogens is 1. The fraction of sp³-hybridized carbons (Fsp3) is 0.538. The first kappa shape index (κ1) is 14.1. The van der Waals surface area contributed by atoms with E-state index in [4.69, 9.17) is 11.6 Å². The Morgan fingerprint density at radius 2 is 2.16 bits per heavy atom. The van der Waals surface area contributed by atoms with Crippen molar-refractivity contribution >= 4 is 11.6 Å². The summed E-state index contributed by atoms with van der Waals surface area (Å²) >= 11 is 6.30. The van der Waals surface area contributed by atoms with Crippen LogP contribution in [0.25, 0.3) is 0 Å². The number of hydrogen-bond acceptors (Lipinski definition) is 3. The van der Waals surface area contributed by atoms with Gasteiger partial charge in [-0.2, -0.15) is 10.2 Å². The molecule has 0 aliphatic heterocycles. The van der Waals surface area contributed by atoms with Gasteiger partial charge in [0.25, 0.3) is 0 Å². The van der Waals surface area contributed by atoms with Crippen molar-refractivity contribution in [2.24, 2.45) is 7.05 Å². The first-order chi connectivity index (χ1) is 9.12. The number of nitrogens with one attached hydrogen (secondary N) is 1. The summed E-state index contributed by atoms with van der Waals surface area (Å²) in [6, 6.07) is 0.0126. The lowest BCUT2D eigenvalue weighted by Crippen LogP contribution is -2.22. The summed E-state index contributed by atoms with van der Waals surface area (Å²) in [6.45, 7) is 4.96. The normalized spacial score (nSPS) is 12.9. The summed E-state index contributed by atoms with van der Waals surface area (Å²) in [5.41, 5.74) is 3.24. The predicted molar refractivity (Wildman–Crippen MR) is 76.4 cm³/mol. The van der Waals surface area contributed by atoms with Gasteiger partial charge in [0.05, 0.1) is 28.6 Å². The van der Waals surface area contributed by atoms with E-state index < -0.39 is 0 Å². The summed E-state index contributed by atoms with van der Waals surface area (Å²) in [7, 11) is 3.87. The van der Waals surface area contributed by atoms with Crippen molar-refractivity contribution in [1.29, 1.82) is 0 Å². The van der Waals surface area contributed by atoms with Crippen LogP contribution >= 0.6 is 11.6 Å². The topological polar surface area (TPSA) is 47.7 Å². The molecule has 104 valence electrons. The van der Waals surface area contributed by atoms with E-state index in [1.54, 1.807) is 6.20 Å². The van der Waals surface area contributed by atoms with E-state index in [1.165, 1.54) is 0 Å². The zero-order valence-electron chi connectivity index (χ0n) is 11.8. The molecular formula is C13H20ClN5. The van der Waals surface area contributed by atoms with Gasteiger partial charge in [-0.1, -0.05) is 18.5 Å². The molecule has 0 radical (unpaired) electrons. The minimum Gasteiger partial charge on any atom is -0.308 e. The Morgan fingerprint density at radius 3 is 2.74 bits per heavy atom. The van der Waals surface area contributed by atoms with Crippen LogP contribution in [0.5, 0.6) is 0 Å². The lowest BCUT2D eigenvalue weighted by Gasteiger charge is -2.18. The third-order valence-electron chi connectivity index (χ3n) is 3.28. The number of nitrogens with zero attached hydrogens (tertiary/aromatic N) is 4. The van der Waals surface area contributed by atoms with Gasteiger partial charge in [0.15, 0.2) is 0 Å². The molecule has 0 aromatic carbocycles. The molecule has 2 aromatic heterocycles. The molecule has 5 nitrogen and oxygen atoms in total. The quantitative estimate of drug-likeness (QED) is 0.914. The van der Waals surface area contributed by atoms with Crippen LogP contribution in [0.15, 0.2) is 12.4 Å². The lowest BCUT2D eigenvalue weighted by molar-refractivity contribution is 0.561. The minimum absolute atomic E-state index is 0.0126. The third kappa shape index (κ3) is 2.53. The predicted octanol–water partition coefficient (Wildman–Crippen LogP) is 2.16. The highest BCUT2D eigenvalue weighted by atomic mass is 35.5. The molecule has 1 atom stereocenters. The average Bonchev–Trinajstić information content (AvgIpc) is 2.95. The van der Waals surface area contributed by atoms with Crippen molar-refractivity contribution in [2.45, 2.75) is 32.9 Å². The van der Waals surface area contributed by atoms with Crippen molar-refractivity contribution in [1.82, 2.24) is 24.9 Å². The Balaban J connectivity index is 2.52. The molecule has 2 rings (SSSR count). The Kier molecular flexibility index (Phi) is 4.27. The fourth-order valence-corrected chi connectivity index (χ4v) is 2.67. The van der Waals surface area contributed by atoms with Crippen molar-refractivity contribution < 1.29 is 0 Å². The highest BCUT2D eigenvalue weighted by molar-refractivity contribution is 6.31. The number of hydrogen-bond donors (Lipinski definition) is 1. The van der Waals surface area contributed by atoms with Gasteiger partial charge in [0.2, 0.25) is 0 Å². The molecule has 0 aliphatic rings. The Bertz CT molecular complexity index is 557. The lowest BCUT2D eigenvalue weighted by atomic mass is 10.0. The van der Waals surface area contributed by atoms with Gasteiger partial charge >= 0.3 is 0 Å². The second kappa shape index (κ2) is 5.75. The monoisotopic (exact) mass is 281 g/mol. The van der Waals surface area contributed by atoms with Crippen LogP contribution in [0, 0.1) is 0 Å². The van der Waals surface area contributed by atoms with E-state index in [-0.39, 0.29) is 6.04 Å². The van der Waals surface area contributed by atoms with Crippen molar-refractivity contribution in [3.8, 4) is 0 Å². The Hall–Kier alpha value is -1.33. The zero-order valence-corrected chi connectivity index (χ0v) is 12.6. The first-order valence-corrected chi connectivity index (χ1v) is 6.91. The number of rotatable bonds is 5. The maximum Gasteiger partial charge on any atom is 0.0837 e. The maximum atomic E-state index is 6.30. The SMILES string of the molecule is CCc1nn(C)cc1C(NC)c1c(Cl)cnn1CC. The molecule has 0 saturated carbocycles. The minimum atomic E-state index is 0.0126. The van der Waals surface area contributed by atoms with E-state index in [0.29, 0.717) is 5.02 Å². The molecule has 2 heterocycles. The second-order valence-electron chi connectivity index (χ2n) is 4.47. The van der Waals surface area contributed by atoms with Crippen LogP contribution < -0.4 is 5.32 Å². The molecule has 1 N–H and O–H groups in total. The van der Waals surface area contributed by atoms with Gasteiger partial charge in [0, 0.05) is 25.4 Å².